The Balaban J connectivity index is 1.91. The van der Waals surface area contributed by atoms with Crippen LogP contribution in [0.5, 0.6) is 0 Å². The minimum Gasteiger partial charge on any atom is -0.449 e. The third kappa shape index (κ3) is 6.40. The second-order valence-corrected chi connectivity index (χ2v) is 9.00. The predicted octanol–water partition coefficient (Wildman–Crippen LogP) is 2.72. The third-order valence-corrected chi connectivity index (χ3v) is 7.06. The summed E-state index contributed by atoms with van der Waals surface area (Å²) in [5.41, 5.74) is 0.656. The molecule has 29 heavy (non-hydrogen) atoms. The fraction of sp³-hybridized carbons (Fsp3) is 0.524. The molecule has 0 aliphatic heterocycles. The summed E-state index contributed by atoms with van der Waals surface area (Å²) >= 11 is 0. The maximum Gasteiger partial charge on any atom is 0.331 e. The van der Waals surface area contributed by atoms with Gasteiger partial charge in [-0.2, -0.15) is 4.31 Å². The van der Waals surface area contributed by atoms with Crippen molar-refractivity contribution in [3.8, 4) is 0 Å². The molecule has 0 aromatic heterocycles. The van der Waals surface area contributed by atoms with Gasteiger partial charge >= 0.3 is 5.97 Å². The highest BCUT2D eigenvalue weighted by atomic mass is 32.2. The zero-order valence-corrected chi connectivity index (χ0v) is 18.1. The number of nitrogens with one attached hydrogen (secondary N) is 1. The van der Waals surface area contributed by atoms with Crippen LogP contribution in [0.2, 0.25) is 0 Å². The number of carbonyl (C=O) groups excluding carboxylic acids is 2. The average molecular weight is 423 g/mol. The first kappa shape index (κ1) is 23.1. The molecule has 0 radical (unpaired) electrons. The summed E-state index contributed by atoms with van der Waals surface area (Å²) in [5, 5.41) is 2.90. The van der Waals surface area contributed by atoms with Crippen LogP contribution in [0.25, 0.3) is 6.08 Å². The first-order chi connectivity index (χ1) is 13.8. The van der Waals surface area contributed by atoms with Crippen LogP contribution in [0, 0.1) is 0 Å². The molecule has 1 N–H and O–H groups in total. The molecular formula is C21H30N2O5S. The number of ether oxygens (including phenoxy) is 1. The van der Waals surface area contributed by atoms with E-state index in [0.29, 0.717) is 18.7 Å². The summed E-state index contributed by atoms with van der Waals surface area (Å²) in [5.74, 6) is -0.913. The van der Waals surface area contributed by atoms with Crippen molar-refractivity contribution in [2.75, 3.05) is 13.1 Å². The number of hydrogen-bond acceptors (Lipinski definition) is 5. The van der Waals surface area contributed by atoms with Crippen LogP contribution in [-0.4, -0.2) is 49.8 Å². The molecule has 1 aliphatic carbocycles. The van der Waals surface area contributed by atoms with Crippen LogP contribution in [-0.2, 0) is 24.3 Å². The van der Waals surface area contributed by atoms with Crippen molar-refractivity contribution in [1.82, 2.24) is 9.62 Å². The van der Waals surface area contributed by atoms with E-state index < -0.39 is 22.1 Å². The first-order valence-corrected chi connectivity index (χ1v) is 11.5. The number of benzene rings is 1. The van der Waals surface area contributed by atoms with Gasteiger partial charge in [-0.15, -0.1) is 0 Å². The Morgan fingerprint density at radius 3 is 2.31 bits per heavy atom. The molecular weight excluding hydrogens is 392 g/mol. The Hall–Kier alpha value is -2.19. The molecule has 1 atom stereocenters. The monoisotopic (exact) mass is 422 g/mol. The highest BCUT2D eigenvalue weighted by Gasteiger charge is 2.23. The summed E-state index contributed by atoms with van der Waals surface area (Å²) in [6, 6.07) is 6.43. The Morgan fingerprint density at radius 2 is 1.76 bits per heavy atom. The van der Waals surface area contributed by atoms with Gasteiger partial charge in [-0.3, -0.25) is 4.79 Å². The predicted molar refractivity (Wildman–Crippen MR) is 112 cm³/mol. The second kappa shape index (κ2) is 10.5. The van der Waals surface area contributed by atoms with Gasteiger partial charge in [0, 0.05) is 25.2 Å². The lowest BCUT2D eigenvalue weighted by Gasteiger charge is -2.18. The summed E-state index contributed by atoms with van der Waals surface area (Å²) in [6.45, 7) is 5.93. The van der Waals surface area contributed by atoms with E-state index >= 15 is 0 Å². The van der Waals surface area contributed by atoms with Gasteiger partial charge in [0.2, 0.25) is 10.0 Å². The smallest absolute Gasteiger partial charge is 0.331 e. The van der Waals surface area contributed by atoms with Crippen LogP contribution >= 0.6 is 0 Å². The first-order valence-electron chi connectivity index (χ1n) is 10.1. The zero-order chi connectivity index (χ0) is 21.4. The van der Waals surface area contributed by atoms with Crippen LogP contribution in [0.4, 0.5) is 0 Å². The molecule has 1 amide bonds. The van der Waals surface area contributed by atoms with E-state index in [4.69, 9.17) is 4.74 Å². The van der Waals surface area contributed by atoms with E-state index in [9.17, 15) is 18.0 Å². The van der Waals surface area contributed by atoms with Gasteiger partial charge in [0.1, 0.15) is 0 Å². The van der Waals surface area contributed by atoms with Crippen molar-refractivity contribution < 1.29 is 22.7 Å². The Morgan fingerprint density at radius 1 is 1.17 bits per heavy atom. The number of nitrogens with zero attached hydrogens (tertiary/aromatic N) is 1. The van der Waals surface area contributed by atoms with Crippen molar-refractivity contribution in [1.29, 1.82) is 0 Å². The lowest BCUT2D eigenvalue weighted by Crippen LogP contribution is -2.40. The van der Waals surface area contributed by atoms with Gasteiger partial charge in [0.25, 0.3) is 5.91 Å². The molecule has 1 fully saturated rings. The van der Waals surface area contributed by atoms with Crippen molar-refractivity contribution in [3.63, 3.8) is 0 Å². The van der Waals surface area contributed by atoms with Crippen molar-refractivity contribution >= 4 is 28.0 Å². The van der Waals surface area contributed by atoms with Crippen LogP contribution in [0.15, 0.2) is 35.2 Å². The zero-order valence-electron chi connectivity index (χ0n) is 17.3. The molecule has 0 saturated heterocycles. The standard InChI is InChI=1S/C21H30N2O5S/c1-4-23(5-2)29(26,27)19-13-10-17(11-14-19)12-15-20(24)28-16(3)21(25)22-18-8-6-7-9-18/h10-16,18H,4-9H2,1-3H3,(H,22,25)/b15-12+/t16-/m0/s1. The molecule has 1 aromatic carbocycles. The molecule has 0 spiro atoms. The Labute approximate surface area is 173 Å². The highest BCUT2D eigenvalue weighted by Crippen LogP contribution is 2.18. The lowest BCUT2D eigenvalue weighted by atomic mass is 10.2. The topological polar surface area (TPSA) is 92.8 Å². The minimum atomic E-state index is -3.51. The van der Waals surface area contributed by atoms with E-state index in [2.05, 4.69) is 5.32 Å². The normalized spacial score (nSPS) is 16.3. The number of esters is 1. The maximum atomic E-state index is 12.5. The molecule has 1 aromatic rings. The van der Waals surface area contributed by atoms with Crippen molar-refractivity contribution in [2.24, 2.45) is 0 Å². The van der Waals surface area contributed by atoms with Gasteiger partial charge in [0.05, 0.1) is 4.90 Å². The number of carbonyl (C=O) groups is 2. The third-order valence-electron chi connectivity index (χ3n) is 5.00. The van der Waals surface area contributed by atoms with Crippen LogP contribution < -0.4 is 5.32 Å². The van der Waals surface area contributed by atoms with E-state index in [0.717, 1.165) is 25.7 Å². The summed E-state index contributed by atoms with van der Waals surface area (Å²) in [4.78, 5) is 24.2. The number of sulfonamides is 1. The fourth-order valence-corrected chi connectivity index (χ4v) is 4.74. The van der Waals surface area contributed by atoms with Gasteiger partial charge in [-0.1, -0.05) is 38.8 Å². The van der Waals surface area contributed by atoms with Crippen molar-refractivity contribution in [2.45, 2.75) is 63.5 Å². The highest BCUT2D eigenvalue weighted by molar-refractivity contribution is 7.89. The molecule has 8 heteroatoms. The summed E-state index contributed by atoms with van der Waals surface area (Å²) < 4.78 is 31.5. The van der Waals surface area contributed by atoms with E-state index in [1.165, 1.54) is 28.6 Å². The van der Waals surface area contributed by atoms with Gasteiger partial charge in [-0.05, 0) is 43.5 Å². The van der Waals surface area contributed by atoms with Gasteiger partial charge in [-0.25, -0.2) is 13.2 Å². The number of amides is 1. The summed E-state index contributed by atoms with van der Waals surface area (Å²) in [6.07, 6.45) is 6.03. The molecule has 160 valence electrons. The Kier molecular flexibility index (Phi) is 8.40. The number of rotatable bonds is 9. The number of hydrogen-bond donors (Lipinski definition) is 1. The molecule has 1 saturated carbocycles. The quantitative estimate of drug-likeness (QED) is 0.488. The van der Waals surface area contributed by atoms with E-state index in [1.807, 2.05) is 0 Å². The van der Waals surface area contributed by atoms with Crippen molar-refractivity contribution in [3.05, 3.63) is 35.9 Å². The molecule has 7 nitrogen and oxygen atoms in total. The lowest BCUT2D eigenvalue weighted by molar-refractivity contribution is -0.150. The minimum absolute atomic E-state index is 0.172. The fourth-order valence-electron chi connectivity index (χ4n) is 3.28. The molecule has 0 heterocycles. The van der Waals surface area contributed by atoms with Crippen LogP contribution in [0.3, 0.4) is 0 Å². The van der Waals surface area contributed by atoms with E-state index in [-0.39, 0.29) is 16.8 Å². The largest absolute Gasteiger partial charge is 0.449 e. The van der Waals surface area contributed by atoms with E-state index in [1.54, 1.807) is 32.9 Å². The Bertz CT molecular complexity index is 823. The molecule has 2 rings (SSSR count). The molecule has 0 bridgehead atoms. The summed E-state index contributed by atoms with van der Waals surface area (Å²) in [7, 11) is -3.51. The SMILES string of the molecule is CCN(CC)S(=O)(=O)c1ccc(/C=C/C(=O)O[C@@H](C)C(=O)NC2CCCC2)cc1. The van der Waals surface area contributed by atoms with Gasteiger partial charge < -0.3 is 10.1 Å². The molecule has 1 aliphatic rings. The molecule has 0 unspecified atom stereocenters. The maximum absolute atomic E-state index is 12.5. The van der Waals surface area contributed by atoms with Crippen LogP contribution in [0.1, 0.15) is 52.0 Å². The average Bonchev–Trinajstić information content (AvgIpc) is 3.20. The second-order valence-electron chi connectivity index (χ2n) is 7.06. The van der Waals surface area contributed by atoms with Gasteiger partial charge in [0.15, 0.2) is 6.10 Å².